The van der Waals surface area contributed by atoms with Crippen LogP contribution in [0, 0.1) is 19.8 Å². The van der Waals surface area contributed by atoms with Crippen molar-refractivity contribution in [2.24, 2.45) is 5.92 Å². The fourth-order valence-corrected chi connectivity index (χ4v) is 3.38. The number of nitrogens with one attached hydrogen (secondary N) is 1. The quantitative estimate of drug-likeness (QED) is 0.599. The van der Waals surface area contributed by atoms with Gasteiger partial charge in [-0.15, -0.1) is 10.2 Å². The number of hydrogen-bond donors (Lipinski definition) is 1. The first-order valence-electron chi connectivity index (χ1n) is 9.15. The summed E-state index contributed by atoms with van der Waals surface area (Å²) in [6.07, 6.45) is 0. The number of carbonyl (C=O) groups excluding carboxylic acids is 1. The molecule has 4 rings (SSSR count). The van der Waals surface area contributed by atoms with Crippen LogP contribution < -0.4 is 5.32 Å². The van der Waals surface area contributed by atoms with Crippen LogP contribution in [0.25, 0.3) is 16.7 Å². The summed E-state index contributed by atoms with van der Waals surface area (Å²) in [5.41, 5.74) is 5.83. The first kappa shape index (κ1) is 17.3. The van der Waals surface area contributed by atoms with Crippen LogP contribution in [-0.4, -0.2) is 25.1 Å². The van der Waals surface area contributed by atoms with Crippen LogP contribution in [-0.2, 0) is 11.3 Å². The summed E-state index contributed by atoms with van der Waals surface area (Å²) in [4.78, 5) is 12.3. The Labute approximate surface area is 157 Å². The minimum Gasteiger partial charge on any atom is -0.339 e. The van der Waals surface area contributed by atoms with Gasteiger partial charge in [0.05, 0.1) is 16.7 Å². The zero-order valence-corrected chi connectivity index (χ0v) is 16.0. The Hall–Kier alpha value is -3.15. The van der Waals surface area contributed by atoms with E-state index in [1.807, 2.05) is 49.4 Å². The van der Waals surface area contributed by atoms with Crippen LogP contribution in [0.4, 0.5) is 5.69 Å². The third-order valence-corrected chi connectivity index (χ3v) is 4.88. The molecule has 0 aliphatic carbocycles. The molecule has 1 amide bonds. The molecule has 0 unspecified atom stereocenters. The van der Waals surface area contributed by atoms with E-state index in [9.17, 15) is 4.79 Å². The molecular formula is C21H23N5O. The van der Waals surface area contributed by atoms with E-state index >= 15 is 0 Å². The molecule has 3 heterocycles. The lowest BCUT2D eigenvalue weighted by atomic mass is 10.2. The van der Waals surface area contributed by atoms with Crippen LogP contribution in [0.15, 0.2) is 42.5 Å². The lowest BCUT2D eigenvalue weighted by Gasteiger charge is -2.12. The van der Waals surface area contributed by atoms with E-state index in [1.54, 1.807) is 0 Å². The zero-order chi connectivity index (χ0) is 19.1. The summed E-state index contributed by atoms with van der Waals surface area (Å²) < 4.78 is 4.27. The normalized spacial score (nSPS) is 11.6. The smallest absolute Gasteiger partial charge is 0.227 e. The Morgan fingerprint density at radius 2 is 1.81 bits per heavy atom. The molecule has 0 aliphatic rings. The Morgan fingerprint density at radius 1 is 1.07 bits per heavy atom. The van der Waals surface area contributed by atoms with Crippen molar-refractivity contribution >= 4 is 28.3 Å². The average molecular weight is 361 g/mol. The molecule has 6 heteroatoms. The fraction of sp³-hybridized carbons (Fsp3) is 0.286. The second-order valence-corrected chi connectivity index (χ2v) is 7.24. The number of aryl methyl sites for hydroxylation is 2. The molecule has 3 aromatic heterocycles. The fourth-order valence-electron chi connectivity index (χ4n) is 3.38. The topological polar surface area (TPSA) is 64.2 Å². The molecule has 0 atom stereocenters. The van der Waals surface area contributed by atoms with Gasteiger partial charge in [-0.25, -0.2) is 0 Å². The van der Waals surface area contributed by atoms with Crippen LogP contribution >= 0.6 is 0 Å². The van der Waals surface area contributed by atoms with E-state index in [0.717, 1.165) is 29.1 Å². The van der Waals surface area contributed by atoms with Gasteiger partial charge in [0.25, 0.3) is 0 Å². The Morgan fingerprint density at radius 3 is 2.52 bits per heavy atom. The highest BCUT2D eigenvalue weighted by Crippen LogP contribution is 2.28. The van der Waals surface area contributed by atoms with Gasteiger partial charge >= 0.3 is 0 Å². The zero-order valence-electron chi connectivity index (χ0n) is 16.0. The summed E-state index contributed by atoms with van der Waals surface area (Å²) in [6.45, 7) is 8.54. The predicted molar refractivity (Wildman–Crippen MR) is 107 cm³/mol. The van der Waals surface area contributed by atoms with Crippen molar-refractivity contribution in [2.75, 3.05) is 5.32 Å². The molecule has 1 aromatic carbocycles. The summed E-state index contributed by atoms with van der Waals surface area (Å²) in [7, 11) is 0. The molecule has 4 aromatic rings. The molecule has 1 N–H and O–H groups in total. The van der Waals surface area contributed by atoms with E-state index in [2.05, 4.69) is 45.2 Å². The maximum absolute atomic E-state index is 12.3. The molecule has 6 nitrogen and oxygen atoms in total. The van der Waals surface area contributed by atoms with Crippen LogP contribution in [0.3, 0.4) is 0 Å². The minimum absolute atomic E-state index is 0.0326. The summed E-state index contributed by atoms with van der Waals surface area (Å²) in [5, 5.41) is 11.5. The second-order valence-electron chi connectivity index (χ2n) is 7.24. The molecule has 0 bridgehead atoms. The molecule has 27 heavy (non-hydrogen) atoms. The van der Waals surface area contributed by atoms with E-state index in [1.165, 1.54) is 5.56 Å². The van der Waals surface area contributed by atoms with Gasteiger partial charge in [-0.3, -0.25) is 9.20 Å². The highest BCUT2D eigenvalue weighted by Gasteiger charge is 2.18. The third kappa shape index (κ3) is 2.97. The number of hydrogen-bond acceptors (Lipinski definition) is 3. The maximum atomic E-state index is 12.3. The van der Waals surface area contributed by atoms with E-state index in [-0.39, 0.29) is 11.8 Å². The Kier molecular flexibility index (Phi) is 4.18. The molecule has 0 saturated carbocycles. The molecule has 0 aliphatic heterocycles. The van der Waals surface area contributed by atoms with Gasteiger partial charge in [0, 0.05) is 18.2 Å². The van der Waals surface area contributed by atoms with Gasteiger partial charge in [0.1, 0.15) is 5.82 Å². The van der Waals surface area contributed by atoms with Gasteiger partial charge in [-0.2, -0.15) is 0 Å². The van der Waals surface area contributed by atoms with Crippen molar-refractivity contribution in [3.63, 3.8) is 0 Å². The van der Waals surface area contributed by atoms with Gasteiger partial charge in [0.2, 0.25) is 5.91 Å². The van der Waals surface area contributed by atoms with Crippen molar-refractivity contribution < 1.29 is 4.79 Å². The maximum Gasteiger partial charge on any atom is 0.227 e. The molecule has 0 fully saturated rings. The number of carbonyl (C=O) groups is 1. The number of aromatic nitrogens is 4. The number of fused-ring (bicyclic) bond motifs is 3. The van der Waals surface area contributed by atoms with Gasteiger partial charge in [-0.1, -0.05) is 44.2 Å². The highest BCUT2D eigenvalue weighted by molar-refractivity contribution is 5.99. The summed E-state index contributed by atoms with van der Waals surface area (Å²) >= 11 is 0. The minimum atomic E-state index is -0.109. The number of pyridine rings is 1. The lowest BCUT2D eigenvalue weighted by Crippen LogP contribution is -2.18. The molecule has 138 valence electrons. The highest BCUT2D eigenvalue weighted by atomic mass is 16.1. The van der Waals surface area contributed by atoms with E-state index in [4.69, 9.17) is 0 Å². The summed E-state index contributed by atoms with van der Waals surface area (Å²) in [5.74, 6) is 0.657. The van der Waals surface area contributed by atoms with Crippen LogP contribution in [0.2, 0.25) is 0 Å². The monoisotopic (exact) mass is 361 g/mol. The van der Waals surface area contributed by atoms with E-state index < -0.39 is 0 Å². The molecule has 0 radical (unpaired) electrons. The SMILES string of the molecule is Cc1cc2c(cc(NC(=O)C(C)C)c3nnc(C)n32)n1Cc1ccccc1. The number of nitrogens with zero attached hydrogens (tertiary/aromatic N) is 4. The summed E-state index contributed by atoms with van der Waals surface area (Å²) in [6, 6.07) is 14.5. The first-order valence-corrected chi connectivity index (χ1v) is 9.15. The second kappa shape index (κ2) is 6.54. The Bertz CT molecular complexity index is 1140. The third-order valence-electron chi connectivity index (χ3n) is 4.88. The van der Waals surface area contributed by atoms with Crippen molar-refractivity contribution in [3.8, 4) is 0 Å². The number of rotatable bonds is 4. The van der Waals surface area contributed by atoms with Gasteiger partial charge in [0.15, 0.2) is 5.65 Å². The first-order chi connectivity index (χ1) is 13.0. The van der Waals surface area contributed by atoms with Crippen molar-refractivity contribution in [3.05, 3.63) is 59.5 Å². The number of amides is 1. The van der Waals surface area contributed by atoms with Crippen molar-refractivity contribution in [2.45, 2.75) is 34.2 Å². The standard InChI is InChI=1S/C21H23N5O/c1-13(2)21(27)22-17-11-18-19(26-15(4)23-24-20(17)26)10-14(3)25(18)12-16-8-6-5-7-9-16/h5-11,13H,12H2,1-4H3,(H,22,27). The van der Waals surface area contributed by atoms with Gasteiger partial charge < -0.3 is 9.88 Å². The number of benzene rings is 1. The molecule has 0 spiro atoms. The largest absolute Gasteiger partial charge is 0.339 e. The van der Waals surface area contributed by atoms with Crippen molar-refractivity contribution in [1.82, 2.24) is 19.2 Å². The van der Waals surface area contributed by atoms with Crippen LogP contribution in [0.1, 0.15) is 30.9 Å². The van der Waals surface area contributed by atoms with E-state index in [0.29, 0.717) is 11.3 Å². The lowest BCUT2D eigenvalue weighted by molar-refractivity contribution is -0.118. The Balaban J connectivity index is 1.93. The predicted octanol–water partition coefficient (Wildman–Crippen LogP) is 3.94. The molecule has 0 saturated heterocycles. The molecular weight excluding hydrogens is 338 g/mol. The average Bonchev–Trinajstić information content (AvgIpc) is 3.17. The van der Waals surface area contributed by atoms with Gasteiger partial charge in [-0.05, 0) is 31.5 Å². The number of anilines is 1. The van der Waals surface area contributed by atoms with Crippen molar-refractivity contribution in [1.29, 1.82) is 0 Å². The van der Waals surface area contributed by atoms with Crippen LogP contribution in [0.5, 0.6) is 0 Å².